The molecule has 2 aliphatic heterocycles. The summed E-state index contributed by atoms with van der Waals surface area (Å²) < 4.78 is 66.8. The number of aromatic nitrogens is 4. The van der Waals surface area contributed by atoms with Crippen LogP contribution in [0.25, 0.3) is 11.4 Å². The predicted octanol–water partition coefficient (Wildman–Crippen LogP) is 5.44. The van der Waals surface area contributed by atoms with Crippen LogP contribution in [-0.2, 0) is 40.6 Å². The van der Waals surface area contributed by atoms with Crippen LogP contribution in [0.4, 0.5) is 4.79 Å². The fraction of sp³-hybridized carbons (Fsp3) is 0.244. The molecule has 5 aromatic carbocycles. The van der Waals surface area contributed by atoms with E-state index in [0.29, 0.717) is 31.9 Å². The van der Waals surface area contributed by atoms with Crippen LogP contribution in [0.15, 0.2) is 119 Å². The SMILES string of the molecule is COc1ccc(CN(Cc2ccc(OC)cc2)S(=O)(=O)c2c(S(=O)NC3CC(CN4C(=O)c5ccccc5C4=O)N(C(=O)O)C3)ccc(I)c2-c2nnn(Cc3ccc(OC)cc3)n2)cc1. The second-order valence-electron chi connectivity index (χ2n) is 15.4. The number of nitrogens with one attached hydrogen (secondary N) is 1. The van der Waals surface area contributed by atoms with Gasteiger partial charge in [0.2, 0.25) is 15.8 Å². The molecule has 342 valence electrons. The average Bonchev–Trinajstić information content (AvgIpc) is 4.02. The van der Waals surface area contributed by atoms with Crippen LogP contribution in [0.1, 0.15) is 43.8 Å². The number of amides is 3. The molecule has 21 heteroatoms. The molecule has 3 unspecified atom stereocenters. The van der Waals surface area contributed by atoms with Crippen molar-refractivity contribution in [1.82, 2.24) is 39.0 Å². The van der Waals surface area contributed by atoms with E-state index < -0.39 is 51.0 Å². The lowest BCUT2D eigenvalue weighted by Crippen LogP contribution is -2.44. The molecule has 3 heterocycles. The standard InChI is InChI=1S/C45H43IN8O10S2/c1-62-33-14-8-28(9-15-33)23-51(24-29-10-16-34(63-2)17-11-29)66(60,61)41-39(21-20-38(46)40(41)42-47-50-54(48-42)25-30-12-18-35(64-3)19-13-30)65(59)49-31-22-32(52(26-31)45(57)58)27-53-43(55)36-6-4-5-7-37(36)44(53)56/h4-21,31-32,49H,22-27H2,1-3H3,(H,57,58). The van der Waals surface area contributed by atoms with Crippen LogP contribution < -0.4 is 18.9 Å². The number of carbonyl (C=O) groups is 3. The van der Waals surface area contributed by atoms with Gasteiger partial charge in [0, 0.05) is 35.8 Å². The van der Waals surface area contributed by atoms with Crippen molar-refractivity contribution in [2.75, 3.05) is 34.4 Å². The van der Waals surface area contributed by atoms with Gasteiger partial charge in [-0.05, 0) is 112 Å². The Morgan fingerprint density at radius 3 is 1.86 bits per heavy atom. The average molecular weight is 1050 g/mol. The van der Waals surface area contributed by atoms with Gasteiger partial charge in [-0.2, -0.15) is 9.10 Å². The largest absolute Gasteiger partial charge is 0.497 e. The molecule has 1 aromatic heterocycles. The van der Waals surface area contributed by atoms with Gasteiger partial charge in [-0.3, -0.25) is 14.5 Å². The Balaban J connectivity index is 1.17. The van der Waals surface area contributed by atoms with E-state index in [-0.39, 0.29) is 71.5 Å². The highest BCUT2D eigenvalue weighted by Crippen LogP contribution is 2.38. The molecular weight excluding hydrogens is 1000 g/mol. The molecule has 0 bridgehead atoms. The van der Waals surface area contributed by atoms with E-state index in [0.717, 1.165) is 15.4 Å². The number of halogens is 1. The highest BCUT2D eigenvalue weighted by molar-refractivity contribution is 14.1. The topological polar surface area (TPSA) is 216 Å². The van der Waals surface area contributed by atoms with Crippen molar-refractivity contribution in [1.29, 1.82) is 0 Å². The smallest absolute Gasteiger partial charge is 0.407 e. The first-order chi connectivity index (χ1) is 31.8. The monoisotopic (exact) mass is 1050 g/mol. The van der Waals surface area contributed by atoms with Crippen molar-refractivity contribution in [3.63, 3.8) is 0 Å². The van der Waals surface area contributed by atoms with Gasteiger partial charge < -0.3 is 24.2 Å². The summed E-state index contributed by atoms with van der Waals surface area (Å²) in [5.41, 5.74) is 2.59. The zero-order chi connectivity index (χ0) is 46.7. The van der Waals surface area contributed by atoms with Gasteiger partial charge in [0.05, 0.1) is 55.5 Å². The quantitative estimate of drug-likeness (QED) is 0.0861. The van der Waals surface area contributed by atoms with Crippen molar-refractivity contribution < 1.29 is 46.3 Å². The molecule has 18 nitrogen and oxygen atoms in total. The number of ether oxygens (including phenoxy) is 3. The summed E-state index contributed by atoms with van der Waals surface area (Å²) in [5.74, 6) is 0.702. The summed E-state index contributed by atoms with van der Waals surface area (Å²) in [4.78, 5) is 42.1. The summed E-state index contributed by atoms with van der Waals surface area (Å²) in [7, 11) is -2.36. The van der Waals surface area contributed by atoms with E-state index in [1.54, 1.807) is 98.1 Å². The second-order valence-corrected chi connectivity index (χ2v) is 19.6. The third-order valence-electron chi connectivity index (χ3n) is 11.3. The number of hydrogen-bond donors (Lipinski definition) is 2. The van der Waals surface area contributed by atoms with E-state index in [4.69, 9.17) is 14.2 Å². The highest BCUT2D eigenvalue weighted by atomic mass is 127. The van der Waals surface area contributed by atoms with E-state index in [2.05, 4.69) is 20.1 Å². The summed E-state index contributed by atoms with van der Waals surface area (Å²) >= 11 is 1.99. The van der Waals surface area contributed by atoms with Gasteiger partial charge in [0.25, 0.3) is 11.8 Å². The Hall–Kier alpha value is -6.27. The van der Waals surface area contributed by atoms with Crippen LogP contribution in [0.5, 0.6) is 17.2 Å². The summed E-state index contributed by atoms with van der Waals surface area (Å²) in [6.45, 7) is -0.448. The Morgan fingerprint density at radius 2 is 1.35 bits per heavy atom. The molecular formula is C45H43IN8O10S2. The van der Waals surface area contributed by atoms with Gasteiger partial charge in [0.1, 0.15) is 33.1 Å². The number of carbonyl (C=O) groups excluding carboxylic acids is 2. The molecule has 1 saturated heterocycles. The number of benzene rings is 5. The van der Waals surface area contributed by atoms with Crippen molar-refractivity contribution in [2.24, 2.45) is 0 Å². The number of fused-ring (bicyclic) bond motifs is 1. The first-order valence-electron chi connectivity index (χ1n) is 20.4. The molecule has 0 radical (unpaired) electrons. The van der Waals surface area contributed by atoms with E-state index in [1.165, 1.54) is 29.4 Å². The summed E-state index contributed by atoms with van der Waals surface area (Å²) in [6, 6.07) is 29.0. The Morgan fingerprint density at radius 1 is 0.818 bits per heavy atom. The minimum Gasteiger partial charge on any atom is -0.497 e. The number of carboxylic acid groups (broad SMARTS) is 1. The first-order valence-corrected chi connectivity index (χ1v) is 24.1. The molecule has 3 atom stereocenters. The fourth-order valence-electron chi connectivity index (χ4n) is 7.92. The molecule has 0 aliphatic carbocycles. The number of likely N-dealkylation sites (tertiary alicyclic amines) is 1. The Bertz CT molecular complexity index is 2840. The molecule has 1 fully saturated rings. The van der Waals surface area contributed by atoms with E-state index in [9.17, 15) is 23.7 Å². The predicted molar refractivity (Wildman–Crippen MR) is 249 cm³/mol. The maximum Gasteiger partial charge on any atom is 0.407 e. The lowest BCUT2D eigenvalue weighted by atomic mass is 10.1. The highest BCUT2D eigenvalue weighted by Gasteiger charge is 2.43. The second kappa shape index (κ2) is 19.7. The van der Waals surface area contributed by atoms with Crippen LogP contribution in [0, 0.1) is 3.57 Å². The molecule has 0 saturated carbocycles. The molecule has 2 aliphatic rings. The maximum absolute atomic E-state index is 15.7. The number of rotatable bonds is 17. The van der Waals surface area contributed by atoms with Crippen LogP contribution in [0.3, 0.4) is 0 Å². The minimum atomic E-state index is -4.67. The van der Waals surface area contributed by atoms with Crippen LogP contribution in [-0.4, -0.2) is 116 Å². The molecule has 0 spiro atoms. The van der Waals surface area contributed by atoms with Crippen LogP contribution in [0.2, 0.25) is 0 Å². The zero-order valence-corrected chi connectivity index (χ0v) is 39.5. The van der Waals surface area contributed by atoms with Crippen molar-refractivity contribution in [3.05, 3.63) is 141 Å². The Kier molecular flexibility index (Phi) is 13.8. The molecule has 8 rings (SSSR count). The summed E-state index contributed by atoms with van der Waals surface area (Å²) in [5, 5.41) is 23.5. The summed E-state index contributed by atoms with van der Waals surface area (Å²) in [6.07, 6.45) is -1.25. The van der Waals surface area contributed by atoms with Gasteiger partial charge in [0.15, 0.2) is 0 Å². The molecule has 6 aromatic rings. The number of tetrazole rings is 1. The number of sulfonamides is 1. The third-order valence-corrected chi connectivity index (χ3v) is 15.5. The van der Waals surface area contributed by atoms with Crippen molar-refractivity contribution in [3.8, 4) is 28.6 Å². The number of imide groups is 1. The number of nitrogens with zero attached hydrogens (tertiary/aromatic N) is 7. The van der Waals surface area contributed by atoms with Crippen molar-refractivity contribution in [2.45, 2.75) is 47.9 Å². The van der Waals surface area contributed by atoms with Gasteiger partial charge in [-0.1, -0.05) is 48.5 Å². The number of methoxy groups -OCH3 is 3. The lowest BCUT2D eigenvalue weighted by Gasteiger charge is -2.26. The number of hydrogen-bond acceptors (Lipinski definition) is 12. The molecule has 3 amide bonds. The van der Waals surface area contributed by atoms with Gasteiger partial charge in [-0.15, -0.1) is 10.2 Å². The fourth-order valence-corrected chi connectivity index (χ4v) is 12.1. The molecule has 2 N–H and O–H groups in total. The zero-order valence-electron chi connectivity index (χ0n) is 35.7. The maximum atomic E-state index is 15.7. The lowest BCUT2D eigenvalue weighted by molar-refractivity contribution is 0.0603. The third kappa shape index (κ3) is 9.65. The normalized spacial score (nSPS) is 16.4. The molecule has 66 heavy (non-hydrogen) atoms. The van der Waals surface area contributed by atoms with Gasteiger partial charge >= 0.3 is 6.09 Å². The minimum absolute atomic E-state index is 0.0434. The Labute approximate surface area is 396 Å². The van der Waals surface area contributed by atoms with E-state index in [1.807, 2.05) is 34.7 Å². The van der Waals surface area contributed by atoms with Crippen molar-refractivity contribution >= 4 is 61.5 Å². The van der Waals surface area contributed by atoms with E-state index >= 15 is 8.42 Å². The van der Waals surface area contributed by atoms with Gasteiger partial charge in [-0.25, -0.2) is 22.1 Å². The first kappa shape index (κ1) is 46.3. The van der Waals surface area contributed by atoms with Crippen LogP contribution >= 0.6 is 22.6 Å².